The molecule has 2 amide bonds. The summed E-state index contributed by atoms with van der Waals surface area (Å²) in [7, 11) is 0. The van der Waals surface area contributed by atoms with Crippen LogP contribution in [0.1, 0.15) is 23.7 Å². The van der Waals surface area contributed by atoms with Gasteiger partial charge in [0.05, 0.1) is 17.5 Å². The minimum absolute atomic E-state index is 0.0685. The van der Waals surface area contributed by atoms with E-state index in [1.54, 1.807) is 43.3 Å². The molecule has 4 aliphatic carbocycles. The molecule has 1 heterocycles. The van der Waals surface area contributed by atoms with E-state index in [0.29, 0.717) is 28.8 Å². The van der Waals surface area contributed by atoms with E-state index in [9.17, 15) is 14.4 Å². The fourth-order valence-electron chi connectivity index (χ4n) is 5.98. The highest BCUT2D eigenvalue weighted by Crippen LogP contribution is 2.65. The van der Waals surface area contributed by atoms with Crippen molar-refractivity contribution in [3.8, 4) is 5.75 Å². The van der Waals surface area contributed by atoms with E-state index in [4.69, 9.17) is 4.74 Å². The predicted octanol–water partition coefficient (Wildman–Crippen LogP) is 3.89. The summed E-state index contributed by atoms with van der Waals surface area (Å²) in [5, 5.41) is 0. The number of Topliss-reactive ketones (excluding diaryl/α,β-unsaturated/α-hetero) is 1. The van der Waals surface area contributed by atoms with Crippen LogP contribution < -0.4 is 9.64 Å². The summed E-state index contributed by atoms with van der Waals surface area (Å²) in [4.78, 5) is 40.3. The van der Waals surface area contributed by atoms with E-state index < -0.39 is 6.10 Å². The van der Waals surface area contributed by atoms with Crippen LogP contribution in [-0.4, -0.2) is 23.7 Å². The molecule has 3 fully saturated rings. The summed E-state index contributed by atoms with van der Waals surface area (Å²) >= 11 is 0. The van der Waals surface area contributed by atoms with Gasteiger partial charge in [0.2, 0.25) is 17.6 Å². The Bertz CT molecular complexity index is 1070. The first-order chi connectivity index (χ1) is 15.0. The Labute approximate surface area is 180 Å². The molecule has 0 spiro atoms. The summed E-state index contributed by atoms with van der Waals surface area (Å²) in [6.07, 6.45) is 4.87. The summed E-state index contributed by atoms with van der Waals surface area (Å²) in [5.41, 5.74) is 1.18. The number of amides is 2. The van der Waals surface area contributed by atoms with Crippen molar-refractivity contribution in [1.82, 2.24) is 0 Å². The average Bonchev–Trinajstić information content (AvgIpc) is 3.58. The zero-order valence-electron chi connectivity index (χ0n) is 17.2. The Hall–Kier alpha value is -3.21. The van der Waals surface area contributed by atoms with Crippen molar-refractivity contribution in [2.75, 3.05) is 4.90 Å². The van der Waals surface area contributed by atoms with Crippen molar-refractivity contribution >= 4 is 23.3 Å². The second-order valence-corrected chi connectivity index (χ2v) is 9.15. The van der Waals surface area contributed by atoms with Crippen molar-refractivity contribution in [2.24, 2.45) is 35.5 Å². The van der Waals surface area contributed by atoms with Crippen molar-refractivity contribution in [3.05, 3.63) is 72.3 Å². The minimum atomic E-state index is -0.639. The molecule has 5 heteroatoms. The molecule has 0 radical (unpaired) electrons. The largest absolute Gasteiger partial charge is 0.483 e. The highest BCUT2D eigenvalue weighted by atomic mass is 16.5. The van der Waals surface area contributed by atoms with Crippen LogP contribution in [-0.2, 0) is 9.59 Å². The number of anilines is 1. The number of ether oxygens (including phenoxy) is 1. The number of nitrogens with zero attached hydrogens (tertiary/aromatic N) is 1. The number of hydrogen-bond acceptors (Lipinski definition) is 4. The molecule has 2 saturated carbocycles. The van der Waals surface area contributed by atoms with Gasteiger partial charge in [-0.15, -0.1) is 0 Å². The Morgan fingerprint density at radius 3 is 2.06 bits per heavy atom. The molecular formula is C26H23NO4. The Morgan fingerprint density at radius 1 is 0.903 bits per heavy atom. The number of carbonyl (C=O) groups is 3. The standard InChI is InChI=1S/C26H23NO4/c1-14(24(28)15-5-3-2-4-6-15)31-17-9-7-16(8-10-17)27-25(29)22-18-11-12-19(21-13-20(18)21)23(22)26(27)30/h2-12,14,18-23H,13H2,1H3/t14-,18-,19-,20-,21+,22-,23+/m0/s1. The summed E-state index contributed by atoms with van der Waals surface area (Å²) in [6, 6.07) is 15.9. The smallest absolute Gasteiger partial charge is 0.238 e. The van der Waals surface area contributed by atoms with E-state index in [2.05, 4.69) is 12.2 Å². The normalized spacial score (nSPS) is 33.1. The fraction of sp³-hybridized carbons (Fsp3) is 0.346. The van der Waals surface area contributed by atoms with E-state index in [1.807, 2.05) is 18.2 Å². The monoisotopic (exact) mass is 413 g/mol. The SMILES string of the molecule is C[C@H](Oc1ccc(N2C(=O)[C@@H]3[C@H]4C=C[C@@H]([C@@H]5C[C@H]45)[C@@H]3C2=O)cc1)C(=O)c1ccccc1. The van der Waals surface area contributed by atoms with Crippen LogP contribution in [0, 0.1) is 35.5 Å². The van der Waals surface area contributed by atoms with Crippen LogP contribution in [0.25, 0.3) is 0 Å². The van der Waals surface area contributed by atoms with Crippen LogP contribution in [0.5, 0.6) is 5.75 Å². The third-order valence-electron chi connectivity index (χ3n) is 7.50. The van der Waals surface area contributed by atoms with Gasteiger partial charge in [-0.05, 0) is 61.3 Å². The molecule has 5 aliphatic rings. The first-order valence-corrected chi connectivity index (χ1v) is 11.0. The van der Waals surface area contributed by atoms with Crippen molar-refractivity contribution in [3.63, 3.8) is 0 Å². The number of imide groups is 1. The number of carbonyl (C=O) groups excluding carboxylic acids is 3. The Balaban J connectivity index is 1.19. The molecule has 5 nitrogen and oxygen atoms in total. The van der Waals surface area contributed by atoms with Gasteiger partial charge in [0, 0.05) is 5.56 Å². The van der Waals surface area contributed by atoms with Gasteiger partial charge in [0.25, 0.3) is 0 Å². The maximum Gasteiger partial charge on any atom is 0.238 e. The van der Waals surface area contributed by atoms with Crippen LogP contribution >= 0.6 is 0 Å². The van der Waals surface area contributed by atoms with Crippen LogP contribution in [0.15, 0.2) is 66.7 Å². The van der Waals surface area contributed by atoms with Gasteiger partial charge in [-0.1, -0.05) is 42.5 Å². The lowest BCUT2D eigenvalue weighted by Crippen LogP contribution is -2.40. The minimum Gasteiger partial charge on any atom is -0.483 e. The molecule has 7 atom stereocenters. The van der Waals surface area contributed by atoms with Crippen LogP contribution in [0.3, 0.4) is 0 Å². The number of benzene rings is 2. The first kappa shape index (κ1) is 18.6. The van der Waals surface area contributed by atoms with Gasteiger partial charge in [0.15, 0.2) is 6.10 Å². The predicted molar refractivity (Wildman–Crippen MR) is 114 cm³/mol. The zero-order valence-corrected chi connectivity index (χ0v) is 17.2. The molecule has 31 heavy (non-hydrogen) atoms. The van der Waals surface area contributed by atoms with Crippen molar-refractivity contribution in [2.45, 2.75) is 19.4 Å². The second kappa shape index (κ2) is 6.64. The highest BCUT2D eigenvalue weighted by Gasteiger charge is 2.67. The molecule has 1 aliphatic heterocycles. The quantitative estimate of drug-likeness (QED) is 0.424. The van der Waals surface area contributed by atoms with E-state index >= 15 is 0 Å². The van der Waals surface area contributed by atoms with E-state index in [1.165, 1.54) is 4.90 Å². The lowest BCUT2D eigenvalue weighted by molar-refractivity contribution is -0.124. The summed E-state index contributed by atoms with van der Waals surface area (Å²) < 4.78 is 5.81. The highest BCUT2D eigenvalue weighted by molar-refractivity contribution is 6.22. The van der Waals surface area contributed by atoms with Gasteiger partial charge in [-0.25, -0.2) is 0 Å². The van der Waals surface area contributed by atoms with Crippen molar-refractivity contribution < 1.29 is 19.1 Å². The lowest BCUT2D eigenvalue weighted by atomic mass is 9.63. The van der Waals surface area contributed by atoms with E-state index in [0.717, 1.165) is 6.42 Å². The second-order valence-electron chi connectivity index (χ2n) is 9.15. The fourth-order valence-corrected chi connectivity index (χ4v) is 5.98. The molecule has 0 N–H and O–H groups in total. The molecule has 0 unspecified atom stereocenters. The van der Waals surface area contributed by atoms with Crippen LogP contribution in [0.2, 0.25) is 0 Å². The maximum atomic E-state index is 13.2. The maximum absolute atomic E-state index is 13.2. The van der Waals surface area contributed by atoms with Crippen molar-refractivity contribution in [1.29, 1.82) is 0 Å². The zero-order chi connectivity index (χ0) is 21.3. The van der Waals surface area contributed by atoms with Gasteiger partial charge in [-0.3, -0.25) is 19.3 Å². The first-order valence-electron chi connectivity index (χ1n) is 11.0. The number of ketones is 1. The molecule has 1 saturated heterocycles. The van der Waals surface area contributed by atoms with Crippen LogP contribution in [0.4, 0.5) is 5.69 Å². The van der Waals surface area contributed by atoms with Gasteiger partial charge < -0.3 is 4.74 Å². The molecule has 2 aromatic carbocycles. The topological polar surface area (TPSA) is 63.7 Å². The third kappa shape index (κ3) is 2.72. The summed E-state index contributed by atoms with van der Waals surface area (Å²) in [6.45, 7) is 1.72. The van der Waals surface area contributed by atoms with Gasteiger partial charge in [-0.2, -0.15) is 0 Å². The number of allylic oxidation sites excluding steroid dienone is 2. The number of rotatable bonds is 5. The molecule has 2 bridgehead atoms. The molecule has 156 valence electrons. The molecule has 0 aromatic heterocycles. The summed E-state index contributed by atoms with van der Waals surface area (Å²) in [5.74, 6) is 1.50. The average molecular weight is 413 g/mol. The Morgan fingerprint density at radius 2 is 1.48 bits per heavy atom. The van der Waals surface area contributed by atoms with E-state index in [-0.39, 0.29) is 41.3 Å². The number of hydrogen-bond donors (Lipinski definition) is 0. The Kier molecular flexibility index (Phi) is 3.98. The molecule has 7 rings (SSSR count). The lowest BCUT2D eigenvalue weighted by Gasteiger charge is -2.37. The van der Waals surface area contributed by atoms with Gasteiger partial charge in [0.1, 0.15) is 5.75 Å². The molecule has 2 aromatic rings. The molecular weight excluding hydrogens is 390 g/mol. The van der Waals surface area contributed by atoms with Gasteiger partial charge >= 0.3 is 0 Å². The third-order valence-corrected chi connectivity index (χ3v) is 7.50.